The predicted octanol–water partition coefficient (Wildman–Crippen LogP) is 2.76. The lowest BCUT2D eigenvalue weighted by molar-refractivity contribution is -0.126. The number of rotatable bonds is 4. The van der Waals surface area contributed by atoms with E-state index < -0.39 is 0 Å². The van der Waals surface area contributed by atoms with Crippen molar-refractivity contribution < 1.29 is 4.79 Å². The third-order valence-electron chi connectivity index (χ3n) is 5.69. The van der Waals surface area contributed by atoms with Crippen LogP contribution >= 0.6 is 11.3 Å². The van der Waals surface area contributed by atoms with Gasteiger partial charge in [-0.3, -0.25) is 4.79 Å². The van der Waals surface area contributed by atoms with Crippen LogP contribution in [0.15, 0.2) is 24.3 Å². The normalized spacial score (nSPS) is 24.8. The third kappa shape index (κ3) is 3.51. The Morgan fingerprint density at radius 1 is 1.24 bits per heavy atom. The van der Waals surface area contributed by atoms with Crippen LogP contribution in [0, 0.1) is 11.8 Å². The lowest BCUT2D eigenvalue weighted by Crippen LogP contribution is -2.47. The molecule has 0 spiro atoms. The highest BCUT2D eigenvalue weighted by atomic mass is 32.1. The number of amides is 1. The fourth-order valence-corrected chi connectivity index (χ4v) is 5.20. The second-order valence-corrected chi connectivity index (χ2v) is 8.28. The molecule has 1 saturated carbocycles. The first-order chi connectivity index (χ1) is 12.2. The van der Waals surface area contributed by atoms with Crippen molar-refractivity contribution >= 4 is 32.6 Å². The first kappa shape index (κ1) is 16.8. The summed E-state index contributed by atoms with van der Waals surface area (Å²) in [4.78, 5) is 19.7. The molecule has 1 saturated heterocycles. The van der Waals surface area contributed by atoms with Crippen molar-refractivity contribution in [3.05, 3.63) is 24.3 Å². The van der Waals surface area contributed by atoms with Crippen LogP contribution in [0.5, 0.6) is 0 Å². The van der Waals surface area contributed by atoms with Crippen LogP contribution in [0.2, 0.25) is 0 Å². The van der Waals surface area contributed by atoms with E-state index in [1.807, 2.05) is 6.07 Å². The maximum absolute atomic E-state index is 12.6. The molecule has 25 heavy (non-hydrogen) atoms. The maximum Gasteiger partial charge on any atom is 0.223 e. The summed E-state index contributed by atoms with van der Waals surface area (Å²) >= 11 is 1.76. The molecule has 2 aromatic rings. The molecule has 5 nitrogen and oxygen atoms in total. The highest BCUT2D eigenvalue weighted by molar-refractivity contribution is 7.22. The summed E-state index contributed by atoms with van der Waals surface area (Å²) in [5.41, 5.74) is 6.89. The van der Waals surface area contributed by atoms with Gasteiger partial charge in [-0.25, -0.2) is 4.98 Å². The molecule has 2 fully saturated rings. The summed E-state index contributed by atoms with van der Waals surface area (Å²) in [7, 11) is 0. The van der Waals surface area contributed by atoms with E-state index in [1.165, 1.54) is 4.70 Å². The van der Waals surface area contributed by atoms with Crippen molar-refractivity contribution in [2.75, 3.05) is 24.5 Å². The van der Waals surface area contributed by atoms with Gasteiger partial charge >= 0.3 is 0 Å². The summed E-state index contributed by atoms with van der Waals surface area (Å²) in [6.45, 7) is 2.54. The van der Waals surface area contributed by atoms with E-state index in [1.54, 1.807) is 11.3 Å². The average molecular weight is 359 g/mol. The molecule has 2 aliphatic rings. The Kier molecular flexibility index (Phi) is 4.90. The monoisotopic (exact) mass is 358 g/mol. The highest BCUT2D eigenvalue weighted by Gasteiger charge is 2.33. The van der Waals surface area contributed by atoms with Crippen molar-refractivity contribution in [1.82, 2.24) is 10.3 Å². The van der Waals surface area contributed by atoms with E-state index in [4.69, 9.17) is 10.7 Å². The van der Waals surface area contributed by atoms with Gasteiger partial charge in [0.2, 0.25) is 5.91 Å². The van der Waals surface area contributed by atoms with Gasteiger partial charge in [0.25, 0.3) is 0 Å². The average Bonchev–Trinajstić information content (AvgIpc) is 3.28. The molecule has 2 atom stereocenters. The molecule has 134 valence electrons. The fraction of sp³-hybridized carbons (Fsp3) is 0.579. The molecule has 0 radical (unpaired) electrons. The number of aromatic nitrogens is 1. The number of benzene rings is 1. The van der Waals surface area contributed by atoms with Gasteiger partial charge in [0.1, 0.15) is 0 Å². The lowest BCUT2D eigenvalue weighted by Gasteiger charge is -2.33. The highest BCUT2D eigenvalue weighted by Crippen LogP contribution is 2.32. The van der Waals surface area contributed by atoms with E-state index in [9.17, 15) is 4.79 Å². The number of anilines is 1. The Hall–Kier alpha value is -1.66. The van der Waals surface area contributed by atoms with Gasteiger partial charge in [-0.05, 0) is 50.3 Å². The van der Waals surface area contributed by atoms with Crippen molar-refractivity contribution in [2.24, 2.45) is 17.6 Å². The number of para-hydroxylation sites is 1. The molecule has 1 amide bonds. The number of hydrogen-bond donors (Lipinski definition) is 2. The molecule has 1 aromatic heterocycles. The standard InChI is InChI=1S/C19H26N4OS/c20-12-13-4-3-5-15(13)18(24)21-14-8-10-23(11-9-14)19-22-16-6-1-2-7-17(16)25-19/h1-2,6-7,13-15H,3-5,8-12,20H2,(H,21,24)/t13-,15-/m1/s1. The van der Waals surface area contributed by atoms with E-state index in [2.05, 4.69) is 28.4 Å². The van der Waals surface area contributed by atoms with Gasteiger partial charge in [-0.1, -0.05) is 29.9 Å². The molecule has 6 heteroatoms. The quantitative estimate of drug-likeness (QED) is 0.882. The lowest BCUT2D eigenvalue weighted by atomic mass is 9.94. The van der Waals surface area contributed by atoms with E-state index in [-0.39, 0.29) is 17.9 Å². The Morgan fingerprint density at radius 3 is 2.80 bits per heavy atom. The summed E-state index contributed by atoms with van der Waals surface area (Å²) in [6.07, 6.45) is 5.21. The Morgan fingerprint density at radius 2 is 2.04 bits per heavy atom. The molecule has 3 N–H and O–H groups in total. The second-order valence-electron chi connectivity index (χ2n) is 7.27. The predicted molar refractivity (Wildman–Crippen MR) is 103 cm³/mol. The number of nitrogens with zero attached hydrogens (tertiary/aromatic N) is 2. The van der Waals surface area contributed by atoms with E-state index >= 15 is 0 Å². The van der Waals surface area contributed by atoms with Crippen LogP contribution in [-0.2, 0) is 4.79 Å². The van der Waals surface area contributed by atoms with E-state index in [0.717, 1.165) is 55.8 Å². The number of piperidine rings is 1. The smallest absolute Gasteiger partial charge is 0.223 e. The third-order valence-corrected chi connectivity index (χ3v) is 6.79. The molecule has 0 unspecified atom stereocenters. The zero-order valence-electron chi connectivity index (χ0n) is 14.5. The van der Waals surface area contributed by atoms with Gasteiger partial charge in [0.15, 0.2) is 5.13 Å². The van der Waals surface area contributed by atoms with Crippen molar-refractivity contribution in [3.8, 4) is 0 Å². The summed E-state index contributed by atoms with van der Waals surface area (Å²) in [5.74, 6) is 0.738. The molecule has 4 rings (SSSR count). The first-order valence-electron chi connectivity index (χ1n) is 9.35. The summed E-state index contributed by atoms with van der Waals surface area (Å²) in [6, 6.07) is 8.57. The van der Waals surface area contributed by atoms with Crippen molar-refractivity contribution in [3.63, 3.8) is 0 Å². The van der Waals surface area contributed by atoms with Gasteiger partial charge in [-0.15, -0.1) is 0 Å². The van der Waals surface area contributed by atoms with Crippen molar-refractivity contribution in [1.29, 1.82) is 0 Å². The van der Waals surface area contributed by atoms with Crippen LogP contribution < -0.4 is 16.0 Å². The number of carbonyl (C=O) groups is 1. The first-order valence-corrected chi connectivity index (χ1v) is 10.2. The zero-order chi connectivity index (χ0) is 17.2. The fourth-order valence-electron chi connectivity index (χ4n) is 4.18. The van der Waals surface area contributed by atoms with Crippen LogP contribution in [0.3, 0.4) is 0 Å². The van der Waals surface area contributed by atoms with Crippen LogP contribution in [0.25, 0.3) is 10.2 Å². The summed E-state index contributed by atoms with van der Waals surface area (Å²) < 4.78 is 1.24. The zero-order valence-corrected chi connectivity index (χ0v) is 15.3. The Labute approximate surface area is 152 Å². The largest absolute Gasteiger partial charge is 0.353 e. The number of carbonyl (C=O) groups excluding carboxylic acids is 1. The molecule has 1 aromatic carbocycles. The summed E-state index contributed by atoms with van der Waals surface area (Å²) in [5, 5.41) is 4.39. The number of hydrogen-bond acceptors (Lipinski definition) is 5. The van der Waals surface area contributed by atoms with Gasteiger partial charge in [-0.2, -0.15) is 0 Å². The van der Waals surface area contributed by atoms with Crippen molar-refractivity contribution in [2.45, 2.75) is 38.1 Å². The van der Waals surface area contributed by atoms with Crippen LogP contribution in [-0.4, -0.2) is 36.6 Å². The van der Waals surface area contributed by atoms with E-state index in [0.29, 0.717) is 12.5 Å². The van der Waals surface area contributed by atoms with Gasteiger partial charge in [0.05, 0.1) is 10.2 Å². The minimum atomic E-state index is 0.132. The SMILES string of the molecule is NC[C@H]1CCC[C@H]1C(=O)NC1CCN(c2nc3ccccc3s2)CC1. The number of thiazole rings is 1. The molecule has 2 heterocycles. The Bertz CT molecular complexity index is 705. The minimum absolute atomic E-state index is 0.132. The van der Waals surface area contributed by atoms with Gasteiger partial charge < -0.3 is 16.0 Å². The Balaban J connectivity index is 1.33. The minimum Gasteiger partial charge on any atom is -0.353 e. The number of fused-ring (bicyclic) bond motifs is 1. The number of nitrogens with one attached hydrogen (secondary N) is 1. The molecule has 1 aliphatic carbocycles. The van der Waals surface area contributed by atoms with Gasteiger partial charge in [0, 0.05) is 25.0 Å². The molecule has 0 bridgehead atoms. The topological polar surface area (TPSA) is 71.2 Å². The van der Waals surface area contributed by atoms with Crippen LogP contribution in [0.1, 0.15) is 32.1 Å². The molecular weight excluding hydrogens is 332 g/mol. The second kappa shape index (κ2) is 7.30. The molecule has 1 aliphatic heterocycles. The maximum atomic E-state index is 12.6. The molecular formula is C19H26N4OS. The number of nitrogens with two attached hydrogens (primary N) is 1. The van der Waals surface area contributed by atoms with Crippen LogP contribution in [0.4, 0.5) is 5.13 Å².